The Hall–Kier alpha value is -1.36. The normalized spacial score (nSPS) is 25.4. The lowest BCUT2D eigenvalue weighted by Crippen LogP contribution is -2.31. The molecular weight excluding hydrogens is 310 g/mol. The number of hydrogen-bond donors (Lipinski definition) is 2. The van der Waals surface area contributed by atoms with E-state index >= 15 is 0 Å². The summed E-state index contributed by atoms with van der Waals surface area (Å²) in [5.74, 6) is 1.03. The van der Waals surface area contributed by atoms with Gasteiger partial charge in [-0.2, -0.15) is 0 Å². The molecule has 4 rings (SSSR count). The molecule has 3 heterocycles. The number of aryl methyl sites for hydroxylation is 2. The van der Waals surface area contributed by atoms with Crippen LogP contribution in [0.15, 0.2) is 18.2 Å². The van der Waals surface area contributed by atoms with Gasteiger partial charge in [0.25, 0.3) is 0 Å². The third kappa shape index (κ3) is 3.35. The molecule has 0 radical (unpaired) electrons. The first-order chi connectivity index (χ1) is 12.2. The average Bonchev–Trinajstić information content (AvgIpc) is 3.31. The van der Waals surface area contributed by atoms with E-state index in [1.54, 1.807) is 0 Å². The predicted molar refractivity (Wildman–Crippen MR) is 103 cm³/mol. The first-order valence-electron chi connectivity index (χ1n) is 9.78. The van der Waals surface area contributed by atoms with E-state index in [9.17, 15) is 5.11 Å². The van der Waals surface area contributed by atoms with E-state index in [1.165, 1.54) is 53.7 Å². The molecule has 0 spiro atoms. The fourth-order valence-electron chi connectivity index (χ4n) is 4.79. The Kier molecular flexibility index (Phi) is 4.85. The zero-order valence-corrected chi connectivity index (χ0v) is 15.6. The van der Waals surface area contributed by atoms with Crippen LogP contribution in [0.2, 0.25) is 0 Å². The van der Waals surface area contributed by atoms with Gasteiger partial charge in [-0.3, -0.25) is 4.90 Å². The molecule has 2 fully saturated rings. The molecule has 0 bridgehead atoms. The standard InChI is InChI=1S/C21H31N3O/c1-15-16(2)22-21-17(6-5-7-20(15)21)10-24-12-18(19(13-24)14-25)11-23-8-3-4-9-23/h5-7,18-19,22,25H,3-4,8-14H2,1-2H3/t18-,19-/m1/s1. The minimum atomic E-state index is 0.319. The third-order valence-corrected chi connectivity index (χ3v) is 6.40. The molecule has 2 aliphatic rings. The summed E-state index contributed by atoms with van der Waals surface area (Å²) < 4.78 is 0. The van der Waals surface area contributed by atoms with Crippen molar-refractivity contribution in [3.8, 4) is 0 Å². The number of para-hydroxylation sites is 1. The van der Waals surface area contributed by atoms with E-state index < -0.39 is 0 Å². The number of benzene rings is 1. The van der Waals surface area contributed by atoms with Crippen molar-refractivity contribution in [1.82, 2.24) is 14.8 Å². The summed E-state index contributed by atoms with van der Waals surface area (Å²) >= 11 is 0. The van der Waals surface area contributed by atoms with Crippen LogP contribution < -0.4 is 0 Å². The number of aliphatic hydroxyl groups excluding tert-OH is 1. The summed E-state index contributed by atoms with van der Waals surface area (Å²) in [6.07, 6.45) is 2.68. The van der Waals surface area contributed by atoms with Crippen LogP contribution in [-0.2, 0) is 6.54 Å². The summed E-state index contributed by atoms with van der Waals surface area (Å²) in [6, 6.07) is 6.65. The highest BCUT2D eigenvalue weighted by Gasteiger charge is 2.34. The van der Waals surface area contributed by atoms with Crippen LogP contribution in [0.3, 0.4) is 0 Å². The number of aromatic nitrogens is 1. The maximum atomic E-state index is 9.85. The molecular formula is C21H31N3O. The maximum absolute atomic E-state index is 9.85. The molecule has 4 heteroatoms. The summed E-state index contributed by atoms with van der Waals surface area (Å²) in [6.45, 7) is 11.4. The molecule has 2 aliphatic heterocycles. The van der Waals surface area contributed by atoms with Crippen molar-refractivity contribution < 1.29 is 5.11 Å². The Labute approximate surface area is 150 Å². The smallest absolute Gasteiger partial charge is 0.0504 e. The average molecular weight is 341 g/mol. The molecule has 2 aromatic rings. The Morgan fingerprint density at radius 3 is 2.60 bits per heavy atom. The van der Waals surface area contributed by atoms with Crippen LogP contribution in [0.25, 0.3) is 10.9 Å². The van der Waals surface area contributed by atoms with E-state index in [2.05, 4.69) is 46.8 Å². The highest BCUT2D eigenvalue weighted by atomic mass is 16.3. The number of hydrogen-bond acceptors (Lipinski definition) is 3. The monoisotopic (exact) mass is 341 g/mol. The van der Waals surface area contributed by atoms with Crippen molar-refractivity contribution in [1.29, 1.82) is 0 Å². The van der Waals surface area contributed by atoms with Gasteiger partial charge < -0.3 is 15.0 Å². The van der Waals surface area contributed by atoms with Crippen molar-refractivity contribution in [2.75, 3.05) is 39.3 Å². The second-order valence-corrected chi connectivity index (χ2v) is 8.12. The Morgan fingerprint density at radius 1 is 1.08 bits per heavy atom. The molecule has 4 nitrogen and oxygen atoms in total. The predicted octanol–water partition coefficient (Wildman–Crippen LogP) is 2.92. The quantitative estimate of drug-likeness (QED) is 0.879. The van der Waals surface area contributed by atoms with Gasteiger partial charge in [-0.25, -0.2) is 0 Å². The molecule has 0 saturated carbocycles. The molecule has 136 valence electrons. The molecule has 1 aromatic heterocycles. The van der Waals surface area contributed by atoms with Crippen LogP contribution in [0.4, 0.5) is 0 Å². The summed E-state index contributed by atoms with van der Waals surface area (Å²) in [4.78, 5) is 8.72. The first kappa shape index (κ1) is 17.1. The number of likely N-dealkylation sites (tertiary alicyclic amines) is 2. The molecule has 2 N–H and O–H groups in total. The van der Waals surface area contributed by atoms with Crippen LogP contribution in [0, 0.1) is 25.7 Å². The lowest BCUT2D eigenvalue weighted by atomic mass is 9.96. The van der Waals surface area contributed by atoms with Gasteiger partial charge >= 0.3 is 0 Å². The minimum Gasteiger partial charge on any atom is -0.396 e. The second kappa shape index (κ2) is 7.10. The van der Waals surface area contributed by atoms with Gasteiger partial charge in [0, 0.05) is 43.9 Å². The molecule has 0 amide bonds. The first-order valence-corrected chi connectivity index (χ1v) is 9.78. The van der Waals surface area contributed by atoms with Crippen molar-refractivity contribution >= 4 is 10.9 Å². The number of H-pyrrole nitrogens is 1. The largest absolute Gasteiger partial charge is 0.396 e. The summed E-state index contributed by atoms with van der Waals surface area (Å²) in [5, 5.41) is 11.2. The van der Waals surface area contributed by atoms with Crippen molar-refractivity contribution in [2.45, 2.75) is 33.2 Å². The molecule has 2 atom stereocenters. The van der Waals surface area contributed by atoms with E-state index in [1.807, 2.05) is 0 Å². The Balaban J connectivity index is 1.48. The van der Waals surface area contributed by atoms with E-state index in [0.29, 0.717) is 18.4 Å². The third-order valence-electron chi connectivity index (χ3n) is 6.40. The topological polar surface area (TPSA) is 42.5 Å². The number of nitrogens with zero attached hydrogens (tertiary/aromatic N) is 2. The van der Waals surface area contributed by atoms with Gasteiger partial charge in [-0.1, -0.05) is 18.2 Å². The molecule has 1 aromatic carbocycles. The summed E-state index contributed by atoms with van der Waals surface area (Å²) in [7, 11) is 0. The molecule has 0 aliphatic carbocycles. The maximum Gasteiger partial charge on any atom is 0.0504 e. The zero-order chi connectivity index (χ0) is 17.4. The van der Waals surface area contributed by atoms with Gasteiger partial charge in [-0.15, -0.1) is 0 Å². The molecule has 25 heavy (non-hydrogen) atoms. The Morgan fingerprint density at radius 2 is 1.84 bits per heavy atom. The van der Waals surface area contributed by atoms with E-state index in [-0.39, 0.29) is 0 Å². The van der Waals surface area contributed by atoms with Crippen LogP contribution >= 0.6 is 0 Å². The Bertz CT molecular complexity index is 732. The lowest BCUT2D eigenvalue weighted by molar-refractivity contribution is 0.175. The van der Waals surface area contributed by atoms with Gasteiger partial charge in [0.05, 0.1) is 5.52 Å². The fraction of sp³-hybridized carbons (Fsp3) is 0.619. The van der Waals surface area contributed by atoms with Gasteiger partial charge in [0.1, 0.15) is 0 Å². The second-order valence-electron chi connectivity index (χ2n) is 8.12. The number of aliphatic hydroxyl groups is 1. The van der Waals surface area contributed by atoms with Gasteiger partial charge in [0.15, 0.2) is 0 Å². The van der Waals surface area contributed by atoms with Crippen molar-refractivity contribution in [2.24, 2.45) is 11.8 Å². The number of rotatable bonds is 5. The van der Waals surface area contributed by atoms with E-state index in [0.717, 1.165) is 26.2 Å². The highest BCUT2D eigenvalue weighted by molar-refractivity contribution is 5.87. The zero-order valence-electron chi connectivity index (χ0n) is 15.6. The highest BCUT2D eigenvalue weighted by Crippen LogP contribution is 2.29. The van der Waals surface area contributed by atoms with E-state index in [4.69, 9.17) is 0 Å². The van der Waals surface area contributed by atoms with Gasteiger partial charge in [-0.05, 0) is 62.7 Å². The van der Waals surface area contributed by atoms with Crippen molar-refractivity contribution in [3.63, 3.8) is 0 Å². The minimum absolute atomic E-state index is 0.319. The number of nitrogens with one attached hydrogen (secondary N) is 1. The van der Waals surface area contributed by atoms with Gasteiger partial charge in [0.2, 0.25) is 0 Å². The fourth-order valence-corrected chi connectivity index (χ4v) is 4.79. The summed E-state index contributed by atoms with van der Waals surface area (Å²) in [5.41, 5.74) is 5.30. The SMILES string of the molecule is Cc1[nH]c2c(CN3C[C@@H](CN4CCCC4)[C@@H](CO)C3)cccc2c1C. The lowest BCUT2D eigenvalue weighted by Gasteiger charge is -2.23. The van der Waals surface area contributed by atoms with Crippen LogP contribution in [0.1, 0.15) is 29.7 Å². The van der Waals surface area contributed by atoms with Crippen LogP contribution in [0.5, 0.6) is 0 Å². The number of fused-ring (bicyclic) bond motifs is 1. The number of aromatic amines is 1. The van der Waals surface area contributed by atoms with Crippen LogP contribution in [-0.4, -0.2) is 59.2 Å². The molecule has 2 saturated heterocycles. The van der Waals surface area contributed by atoms with Crippen molar-refractivity contribution in [3.05, 3.63) is 35.0 Å². The molecule has 0 unspecified atom stereocenters.